The molecule has 5 heteroatoms. The predicted octanol–water partition coefficient (Wildman–Crippen LogP) is 0.156. The molecule has 0 fully saturated rings. The molecular formula is C12H14N2O3. The minimum Gasteiger partial charge on any atom is -0.481 e. The number of benzene rings is 1. The second-order valence-corrected chi connectivity index (χ2v) is 4.07. The average Bonchev–Trinajstić information content (AvgIpc) is 2.36. The fourth-order valence-corrected chi connectivity index (χ4v) is 2.14. The third-order valence-electron chi connectivity index (χ3n) is 3.02. The summed E-state index contributed by atoms with van der Waals surface area (Å²) in [7, 11) is 0. The Morgan fingerprint density at radius 2 is 2.12 bits per heavy atom. The first-order valence-electron chi connectivity index (χ1n) is 5.42. The molecule has 2 rings (SSSR count). The van der Waals surface area contributed by atoms with Crippen LogP contribution in [-0.4, -0.2) is 35.0 Å². The minimum absolute atomic E-state index is 0.0888. The molecule has 17 heavy (non-hydrogen) atoms. The van der Waals surface area contributed by atoms with Gasteiger partial charge in [-0.05, 0) is 11.1 Å². The van der Waals surface area contributed by atoms with Gasteiger partial charge in [0.1, 0.15) is 0 Å². The van der Waals surface area contributed by atoms with Crippen molar-refractivity contribution in [1.82, 2.24) is 4.90 Å². The number of carboxylic acids is 1. The number of carboxylic acid groups (broad SMARTS) is 1. The smallest absolute Gasteiger partial charge is 0.312 e. The highest BCUT2D eigenvalue weighted by Crippen LogP contribution is 2.28. The molecule has 3 N–H and O–H groups in total. The molecule has 1 heterocycles. The van der Waals surface area contributed by atoms with E-state index in [1.807, 2.05) is 18.2 Å². The number of hydrogen-bond acceptors (Lipinski definition) is 3. The van der Waals surface area contributed by atoms with Gasteiger partial charge in [0, 0.05) is 13.1 Å². The quantitative estimate of drug-likeness (QED) is 0.763. The Morgan fingerprint density at radius 1 is 1.41 bits per heavy atom. The molecule has 1 aromatic rings. The Hall–Kier alpha value is -1.88. The molecule has 0 radical (unpaired) electrons. The largest absolute Gasteiger partial charge is 0.481 e. The number of amides is 1. The lowest BCUT2D eigenvalue weighted by atomic mass is 9.90. The van der Waals surface area contributed by atoms with E-state index < -0.39 is 11.9 Å². The van der Waals surface area contributed by atoms with Crippen molar-refractivity contribution in [3.63, 3.8) is 0 Å². The summed E-state index contributed by atoms with van der Waals surface area (Å²) in [6.07, 6.45) is 0. The maximum Gasteiger partial charge on any atom is 0.312 e. The van der Waals surface area contributed by atoms with Crippen molar-refractivity contribution in [1.29, 1.82) is 0 Å². The highest BCUT2D eigenvalue weighted by molar-refractivity contribution is 5.82. The van der Waals surface area contributed by atoms with E-state index in [4.69, 9.17) is 5.73 Å². The Kier molecular flexibility index (Phi) is 3.10. The van der Waals surface area contributed by atoms with Crippen molar-refractivity contribution >= 4 is 11.9 Å². The van der Waals surface area contributed by atoms with E-state index in [0.717, 1.165) is 11.1 Å². The molecule has 1 aliphatic heterocycles. The van der Waals surface area contributed by atoms with E-state index in [9.17, 15) is 14.7 Å². The average molecular weight is 234 g/mol. The monoisotopic (exact) mass is 234 g/mol. The number of fused-ring (bicyclic) bond motifs is 1. The molecule has 1 amide bonds. The van der Waals surface area contributed by atoms with E-state index in [-0.39, 0.29) is 19.0 Å². The lowest BCUT2D eigenvalue weighted by Crippen LogP contribution is -2.43. The van der Waals surface area contributed by atoms with Crippen molar-refractivity contribution in [3.8, 4) is 0 Å². The van der Waals surface area contributed by atoms with Gasteiger partial charge >= 0.3 is 5.97 Å². The van der Waals surface area contributed by atoms with Crippen LogP contribution < -0.4 is 5.73 Å². The van der Waals surface area contributed by atoms with Crippen LogP contribution in [0.15, 0.2) is 24.3 Å². The first-order chi connectivity index (χ1) is 8.13. The predicted molar refractivity (Wildman–Crippen MR) is 61.3 cm³/mol. The number of hydrogen-bond donors (Lipinski definition) is 2. The number of aliphatic carboxylic acids is 1. The van der Waals surface area contributed by atoms with Crippen LogP contribution in [0.2, 0.25) is 0 Å². The third kappa shape index (κ3) is 2.14. The molecule has 0 saturated carbocycles. The van der Waals surface area contributed by atoms with Crippen LogP contribution in [0.4, 0.5) is 0 Å². The molecule has 1 aliphatic rings. The third-order valence-corrected chi connectivity index (χ3v) is 3.02. The van der Waals surface area contributed by atoms with Crippen LogP contribution in [0, 0.1) is 0 Å². The summed E-state index contributed by atoms with van der Waals surface area (Å²) in [6.45, 7) is 0.548. The fourth-order valence-electron chi connectivity index (χ4n) is 2.14. The van der Waals surface area contributed by atoms with Crippen molar-refractivity contribution in [2.45, 2.75) is 12.5 Å². The van der Waals surface area contributed by atoms with Crippen LogP contribution >= 0.6 is 0 Å². The molecule has 0 aromatic heterocycles. The van der Waals surface area contributed by atoms with Gasteiger partial charge in [-0.2, -0.15) is 0 Å². The lowest BCUT2D eigenvalue weighted by molar-refractivity contribution is -0.141. The van der Waals surface area contributed by atoms with Gasteiger partial charge in [-0.3, -0.25) is 9.59 Å². The van der Waals surface area contributed by atoms with E-state index in [2.05, 4.69) is 0 Å². The Labute approximate surface area is 98.8 Å². The van der Waals surface area contributed by atoms with Crippen molar-refractivity contribution in [2.24, 2.45) is 5.73 Å². The van der Waals surface area contributed by atoms with Crippen LogP contribution in [0.1, 0.15) is 17.0 Å². The lowest BCUT2D eigenvalue weighted by Gasteiger charge is -2.32. The SMILES string of the molecule is NCC(=O)N1Cc2ccccc2C(C(=O)O)C1. The van der Waals surface area contributed by atoms with Gasteiger partial charge in [0.05, 0.1) is 12.5 Å². The van der Waals surface area contributed by atoms with Gasteiger partial charge in [0.25, 0.3) is 0 Å². The van der Waals surface area contributed by atoms with Gasteiger partial charge in [0.2, 0.25) is 5.91 Å². The Balaban J connectivity index is 2.36. The summed E-state index contributed by atoms with van der Waals surface area (Å²) < 4.78 is 0. The molecule has 0 aliphatic carbocycles. The summed E-state index contributed by atoms with van der Waals surface area (Å²) in [5.41, 5.74) is 6.98. The number of nitrogens with two attached hydrogens (primary N) is 1. The molecule has 1 atom stereocenters. The zero-order chi connectivity index (χ0) is 12.4. The molecule has 5 nitrogen and oxygen atoms in total. The minimum atomic E-state index is -0.910. The standard InChI is InChI=1S/C12H14N2O3/c13-5-11(15)14-6-8-3-1-2-4-9(8)10(7-14)12(16)17/h1-4,10H,5-7,13H2,(H,16,17). The summed E-state index contributed by atoms with van der Waals surface area (Å²) >= 11 is 0. The van der Waals surface area contributed by atoms with Gasteiger partial charge < -0.3 is 15.7 Å². The maximum atomic E-state index is 11.6. The first-order valence-corrected chi connectivity index (χ1v) is 5.42. The molecule has 90 valence electrons. The van der Waals surface area contributed by atoms with Gasteiger partial charge in [0.15, 0.2) is 0 Å². The second kappa shape index (κ2) is 4.55. The van der Waals surface area contributed by atoms with E-state index >= 15 is 0 Å². The molecule has 1 unspecified atom stereocenters. The summed E-state index contributed by atoms with van der Waals surface area (Å²) in [4.78, 5) is 24.3. The van der Waals surface area contributed by atoms with Crippen LogP contribution in [0.5, 0.6) is 0 Å². The number of nitrogens with zero attached hydrogens (tertiary/aromatic N) is 1. The van der Waals surface area contributed by atoms with Crippen molar-refractivity contribution in [2.75, 3.05) is 13.1 Å². The van der Waals surface area contributed by atoms with Gasteiger partial charge in [-0.1, -0.05) is 24.3 Å². The van der Waals surface area contributed by atoms with Crippen LogP contribution in [0.25, 0.3) is 0 Å². The maximum absolute atomic E-state index is 11.6. The van der Waals surface area contributed by atoms with E-state index in [1.54, 1.807) is 6.07 Å². The molecule has 1 aromatic carbocycles. The zero-order valence-corrected chi connectivity index (χ0v) is 9.30. The normalized spacial score (nSPS) is 18.6. The number of rotatable bonds is 2. The summed E-state index contributed by atoms with van der Waals surface area (Å²) in [6, 6.07) is 7.31. The molecule has 0 bridgehead atoms. The molecule has 0 saturated heterocycles. The highest BCUT2D eigenvalue weighted by Gasteiger charge is 2.31. The van der Waals surface area contributed by atoms with Crippen LogP contribution in [-0.2, 0) is 16.1 Å². The van der Waals surface area contributed by atoms with Crippen molar-refractivity contribution < 1.29 is 14.7 Å². The zero-order valence-electron chi connectivity index (χ0n) is 9.30. The molecule has 0 spiro atoms. The fraction of sp³-hybridized carbons (Fsp3) is 0.333. The van der Waals surface area contributed by atoms with E-state index in [1.165, 1.54) is 4.90 Å². The topological polar surface area (TPSA) is 83.6 Å². The first kappa shape index (κ1) is 11.6. The Bertz CT molecular complexity index is 459. The second-order valence-electron chi connectivity index (χ2n) is 4.07. The van der Waals surface area contributed by atoms with Crippen LogP contribution in [0.3, 0.4) is 0 Å². The van der Waals surface area contributed by atoms with Crippen molar-refractivity contribution in [3.05, 3.63) is 35.4 Å². The molecular weight excluding hydrogens is 220 g/mol. The summed E-state index contributed by atoms with van der Waals surface area (Å²) in [5.74, 6) is -1.78. The van der Waals surface area contributed by atoms with Gasteiger partial charge in [-0.25, -0.2) is 0 Å². The number of carbonyl (C=O) groups excluding carboxylic acids is 1. The van der Waals surface area contributed by atoms with E-state index in [0.29, 0.717) is 6.54 Å². The summed E-state index contributed by atoms with van der Waals surface area (Å²) in [5, 5.41) is 9.19. The van der Waals surface area contributed by atoms with Gasteiger partial charge in [-0.15, -0.1) is 0 Å². The highest BCUT2D eigenvalue weighted by atomic mass is 16.4. The number of carbonyl (C=O) groups is 2. The Morgan fingerprint density at radius 3 is 2.76 bits per heavy atom.